The van der Waals surface area contributed by atoms with Crippen molar-refractivity contribution in [3.8, 4) is 17.3 Å². The largest absolute Gasteiger partial charge is 0.472 e. The third-order valence-corrected chi connectivity index (χ3v) is 10.7. The molecule has 4 atom stereocenters. The van der Waals surface area contributed by atoms with E-state index in [1.54, 1.807) is 45.4 Å². The van der Waals surface area contributed by atoms with Crippen LogP contribution in [-0.2, 0) is 24.2 Å². The molecule has 1 aromatic carbocycles. The number of hydrogen-bond donors (Lipinski definition) is 1. The molecule has 3 aliphatic rings. The number of benzene rings is 1. The number of sulfone groups is 1. The lowest BCUT2D eigenvalue weighted by atomic mass is 10.1. The number of ketones is 1. The van der Waals surface area contributed by atoms with Gasteiger partial charge in [0.2, 0.25) is 11.8 Å². The Morgan fingerprint density at radius 2 is 1.91 bits per heavy atom. The molecule has 0 unspecified atom stereocenters. The van der Waals surface area contributed by atoms with Gasteiger partial charge in [-0.05, 0) is 57.6 Å². The number of nitrogens with zero attached hydrogens (tertiary/aromatic N) is 4. The van der Waals surface area contributed by atoms with Crippen LogP contribution in [-0.4, -0.2) is 86.9 Å². The second-order valence-corrected chi connectivity index (χ2v) is 15.5. The fourth-order valence-corrected chi connectivity index (χ4v) is 7.61. The van der Waals surface area contributed by atoms with Crippen LogP contribution in [0, 0.1) is 5.92 Å². The van der Waals surface area contributed by atoms with Crippen molar-refractivity contribution < 1.29 is 32.3 Å². The Morgan fingerprint density at radius 1 is 1.15 bits per heavy atom. The fraction of sp³-hybridized carbons (Fsp3) is 0.455. The average Bonchev–Trinajstić information content (AvgIpc) is 3.93. The molecular weight excluding hydrogens is 610 g/mol. The van der Waals surface area contributed by atoms with Crippen molar-refractivity contribution in [2.24, 2.45) is 5.92 Å². The summed E-state index contributed by atoms with van der Waals surface area (Å²) in [6.07, 6.45) is 6.33. The van der Waals surface area contributed by atoms with Crippen LogP contribution in [0.3, 0.4) is 0 Å². The number of amides is 2. The first-order valence-electron chi connectivity index (χ1n) is 15.3. The van der Waals surface area contributed by atoms with E-state index < -0.39 is 67.8 Å². The Hall–Kier alpha value is -4.39. The van der Waals surface area contributed by atoms with Crippen molar-refractivity contribution in [3.63, 3.8) is 0 Å². The van der Waals surface area contributed by atoms with E-state index in [4.69, 9.17) is 14.5 Å². The minimum atomic E-state index is -3.60. The van der Waals surface area contributed by atoms with Crippen molar-refractivity contribution in [2.75, 3.05) is 12.3 Å². The van der Waals surface area contributed by atoms with Gasteiger partial charge in [-0.25, -0.2) is 18.2 Å². The molecule has 1 saturated heterocycles. The van der Waals surface area contributed by atoms with Crippen LogP contribution in [0.5, 0.6) is 5.88 Å². The fourth-order valence-electron chi connectivity index (χ4n) is 5.90. The molecule has 46 heavy (non-hydrogen) atoms. The summed E-state index contributed by atoms with van der Waals surface area (Å²) in [6.45, 7) is 8.97. The van der Waals surface area contributed by atoms with Crippen LogP contribution in [0.4, 0.5) is 4.79 Å². The lowest BCUT2D eigenvalue weighted by Crippen LogP contribution is -2.54. The van der Waals surface area contributed by atoms with Gasteiger partial charge in [0.1, 0.15) is 34.7 Å². The monoisotopic (exact) mass is 647 g/mol. The molecule has 3 heterocycles. The molecule has 2 saturated carbocycles. The highest BCUT2D eigenvalue weighted by atomic mass is 32.2. The van der Waals surface area contributed by atoms with Gasteiger partial charge in [0.25, 0.3) is 0 Å². The highest BCUT2D eigenvalue weighted by Crippen LogP contribution is 2.46. The van der Waals surface area contributed by atoms with E-state index in [9.17, 15) is 22.8 Å². The number of carbonyl (C=O) groups excluding carboxylic acids is 3. The zero-order valence-electron chi connectivity index (χ0n) is 26.0. The molecule has 2 aromatic heterocycles. The minimum absolute atomic E-state index is 0.0142. The maximum atomic E-state index is 13.9. The molecule has 0 spiro atoms. The van der Waals surface area contributed by atoms with Crippen LogP contribution < -0.4 is 10.1 Å². The third-order valence-electron chi connectivity index (χ3n) is 8.51. The first kappa shape index (κ1) is 31.6. The normalized spacial score (nSPS) is 24.3. The smallest absolute Gasteiger partial charge is 0.411 e. The van der Waals surface area contributed by atoms with Crippen LogP contribution in [0.15, 0.2) is 61.6 Å². The summed E-state index contributed by atoms with van der Waals surface area (Å²) in [4.78, 5) is 55.2. The van der Waals surface area contributed by atoms with E-state index in [0.717, 1.165) is 10.8 Å². The van der Waals surface area contributed by atoms with Gasteiger partial charge in [0.15, 0.2) is 15.6 Å². The van der Waals surface area contributed by atoms with Crippen molar-refractivity contribution in [3.05, 3.63) is 61.6 Å². The maximum absolute atomic E-state index is 13.9. The zero-order chi connectivity index (χ0) is 32.9. The second-order valence-electron chi connectivity index (χ2n) is 13.2. The SMILES string of the molecule is C=C[C@@H]1C[C@]1(NC(=O)[C@@H]1C[C@@H](Oc2nc(-c3cnccn3)cc3ccccc23)CN1C(=O)OC(C)(C)C)C(=O)CS(=O)(=O)C1CC1. The summed E-state index contributed by atoms with van der Waals surface area (Å²) in [6, 6.07) is 8.39. The predicted molar refractivity (Wildman–Crippen MR) is 170 cm³/mol. The summed E-state index contributed by atoms with van der Waals surface area (Å²) in [5, 5.41) is 3.92. The molecule has 0 radical (unpaired) electrons. The Kier molecular flexibility index (Phi) is 8.07. The maximum Gasteiger partial charge on any atom is 0.411 e. The second kappa shape index (κ2) is 11.8. The van der Waals surface area contributed by atoms with Crippen molar-refractivity contribution in [1.29, 1.82) is 0 Å². The van der Waals surface area contributed by atoms with Gasteiger partial charge in [-0.15, -0.1) is 6.58 Å². The molecule has 2 amide bonds. The molecule has 242 valence electrons. The molecular formula is C33H37N5O7S. The lowest BCUT2D eigenvalue weighted by Gasteiger charge is -2.29. The number of nitrogens with one attached hydrogen (secondary N) is 1. The number of Topliss-reactive ketones (excluding diaryl/α,β-unsaturated/α-hetero) is 1. The summed E-state index contributed by atoms with van der Waals surface area (Å²) in [5.41, 5.74) is -1.12. The summed E-state index contributed by atoms with van der Waals surface area (Å²) >= 11 is 0. The van der Waals surface area contributed by atoms with E-state index >= 15 is 0 Å². The summed E-state index contributed by atoms with van der Waals surface area (Å²) in [5.74, 6) is -1.91. The van der Waals surface area contributed by atoms with Gasteiger partial charge >= 0.3 is 6.09 Å². The first-order valence-corrected chi connectivity index (χ1v) is 17.0. The minimum Gasteiger partial charge on any atom is -0.472 e. The Morgan fingerprint density at radius 3 is 2.57 bits per heavy atom. The predicted octanol–water partition coefficient (Wildman–Crippen LogP) is 3.66. The molecule has 3 aromatic rings. The number of hydrogen-bond acceptors (Lipinski definition) is 10. The number of aromatic nitrogens is 3. The Balaban J connectivity index is 1.27. The number of ether oxygens (including phenoxy) is 2. The lowest BCUT2D eigenvalue weighted by molar-refractivity contribution is -0.130. The standard InChI is InChI=1S/C33H37N5O7S/c1-5-21-16-33(21,28(39)19-46(42,43)23-10-11-23)37-29(40)27-15-22(18-38(27)31(41)45-32(2,3)4)44-30-24-9-7-6-8-20(24)14-25(36-30)26-17-34-12-13-35-26/h5-9,12-14,17,21-23,27H,1,10-11,15-16,18-19H2,2-4H3,(H,37,40)/t21-,22-,27+,33-/m1/s1. The Labute approximate surface area is 267 Å². The van der Waals surface area contributed by atoms with Crippen LogP contribution >= 0.6 is 0 Å². The zero-order valence-corrected chi connectivity index (χ0v) is 26.8. The Bertz CT molecular complexity index is 1810. The highest BCUT2D eigenvalue weighted by Gasteiger charge is 2.61. The molecule has 1 N–H and O–H groups in total. The van der Waals surface area contributed by atoms with Gasteiger partial charge in [-0.3, -0.25) is 24.5 Å². The van der Waals surface area contributed by atoms with Crippen molar-refractivity contribution in [2.45, 2.75) is 75.0 Å². The number of likely N-dealkylation sites (tertiary alicyclic amines) is 1. The van der Waals surface area contributed by atoms with Crippen LogP contribution in [0.25, 0.3) is 22.2 Å². The van der Waals surface area contributed by atoms with E-state index in [1.807, 2.05) is 30.3 Å². The van der Waals surface area contributed by atoms with Gasteiger partial charge in [0, 0.05) is 30.1 Å². The molecule has 0 bridgehead atoms. The molecule has 2 aliphatic carbocycles. The summed E-state index contributed by atoms with van der Waals surface area (Å²) < 4.78 is 37.4. The average molecular weight is 648 g/mol. The third kappa shape index (κ3) is 6.46. The van der Waals surface area contributed by atoms with E-state index in [2.05, 4.69) is 21.9 Å². The highest BCUT2D eigenvalue weighted by molar-refractivity contribution is 7.93. The van der Waals surface area contributed by atoms with Gasteiger partial charge in [-0.1, -0.05) is 24.3 Å². The van der Waals surface area contributed by atoms with Gasteiger partial charge in [-0.2, -0.15) is 0 Å². The van der Waals surface area contributed by atoms with Gasteiger partial charge in [0.05, 0.1) is 23.7 Å². The number of fused-ring (bicyclic) bond motifs is 1. The van der Waals surface area contributed by atoms with Crippen LogP contribution in [0.2, 0.25) is 0 Å². The van der Waals surface area contributed by atoms with E-state index in [-0.39, 0.29) is 19.4 Å². The van der Waals surface area contributed by atoms with Crippen molar-refractivity contribution >= 4 is 38.4 Å². The quantitative estimate of drug-likeness (QED) is 0.322. The topological polar surface area (TPSA) is 158 Å². The first-order chi connectivity index (χ1) is 21.8. The molecule has 6 rings (SSSR count). The molecule has 13 heteroatoms. The van der Waals surface area contributed by atoms with Crippen LogP contribution in [0.1, 0.15) is 46.5 Å². The molecule has 12 nitrogen and oxygen atoms in total. The molecule has 3 fully saturated rings. The van der Waals surface area contributed by atoms with Gasteiger partial charge < -0.3 is 14.8 Å². The number of pyridine rings is 1. The van der Waals surface area contributed by atoms with E-state index in [0.29, 0.717) is 30.1 Å². The number of rotatable bonds is 10. The number of carbonyl (C=O) groups is 3. The molecule has 1 aliphatic heterocycles. The van der Waals surface area contributed by atoms with Crippen molar-refractivity contribution in [1.82, 2.24) is 25.2 Å². The summed E-state index contributed by atoms with van der Waals surface area (Å²) in [7, 11) is -3.60. The van der Waals surface area contributed by atoms with E-state index in [1.165, 1.54) is 4.90 Å².